The quantitative estimate of drug-likeness (QED) is 0.714. The van der Waals surface area contributed by atoms with Crippen molar-refractivity contribution in [2.45, 2.75) is 38.9 Å². The molecular formula is C22H25BO2. The maximum Gasteiger partial charge on any atom is 0.309 e. The molecule has 1 N–H and O–H groups in total. The van der Waals surface area contributed by atoms with Crippen LogP contribution in [0.4, 0.5) is 0 Å². The minimum absolute atomic E-state index is 0.480. The zero-order valence-corrected chi connectivity index (χ0v) is 15.4. The highest BCUT2D eigenvalue weighted by atomic mass is 16.5. The molecule has 128 valence electrons. The number of hydrogen-bond donors (Lipinski definition) is 1. The molecule has 0 aliphatic carbocycles. The van der Waals surface area contributed by atoms with E-state index in [4.69, 9.17) is 4.65 Å². The van der Waals surface area contributed by atoms with E-state index in [9.17, 15) is 5.11 Å². The first kappa shape index (κ1) is 17.7. The second kappa shape index (κ2) is 6.66. The standard InChI is InChI=1S/C22H25BO2/c1-21(2,24)22(3,4)25-23-20-13-12-18-14-17(10-11-19(18)15-20)16-8-6-5-7-9-16/h5-15,23-24H,1-4H3. The van der Waals surface area contributed by atoms with Crippen molar-refractivity contribution in [2.24, 2.45) is 0 Å². The zero-order chi connectivity index (χ0) is 18.1. The first-order valence-corrected chi connectivity index (χ1v) is 8.71. The average Bonchev–Trinajstić information content (AvgIpc) is 2.59. The molecule has 3 aromatic carbocycles. The van der Waals surface area contributed by atoms with E-state index >= 15 is 0 Å². The van der Waals surface area contributed by atoms with Crippen molar-refractivity contribution in [2.75, 3.05) is 0 Å². The number of aliphatic hydroxyl groups is 1. The van der Waals surface area contributed by atoms with E-state index in [-0.39, 0.29) is 0 Å². The van der Waals surface area contributed by atoms with Gasteiger partial charge in [0, 0.05) is 0 Å². The van der Waals surface area contributed by atoms with Crippen LogP contribution >= 0.6 is 0 Å². The molecule has 3 aromatic rings. The van der Waals surface area contributed by atoms with Gasteiger partial charge in [-0.1, -0.05) is 66.1 Å². The molecule has 25 heavy (non-hydrogen) atoms. The summed E-state index contributed by atoms with van der Waals surface area (Å²) in [4.78, 5) is 0. The molecule has 0 aliphatic heterocycles. The van der Waals surface area contributed by atoms with Gasteiger partial charge < -0.3 is 9.76 Å². The van der Waals surface area contributed by atoms with Gasteiger partial charge in [-0.15, -0.1) is 0 Å². The molecule has 0 heterocycles. The third-order valence-corrected chi connectivity index (χ3v) is 5.08. The van der Waals surface area contributed by atoms with Crippen molar-refractivity contribution in [1.82, 2.24) is 0 Å². The number of benzene rings is 3. The predicted molar refractivity (Wildman–Crippen MR) is 108 cm³/mol. The molecule has 0 aliphatic rings. The lowest BCUT2D eigenvalue weighted by atomic mass is 9.82. The van der Waals surface area contributed by atoms with Crippen LogP contribution in [0.15, 0.2) is 66.7 Å². The molecular weight excluding hydrogens is 307 g/mol. The van der Waals surface area contributed by atoms with E-state index < -0.39 is 11.2 Å². The van der Waals surface area contributed by atoms with Gasteiger partial charge in [0.15, 0.2) is 0 Å². The van der Waals surface area contributed by atoms with Crippen molar-refractivity contribution in [3.63, 3.8) is 0 Å². The van der Waals surface area contributed by atoms with Crippen LogP contribution < -0.4 is 5.46 Å². The zero-order valence-electron chi connectivity index (χ0n) is 15.4. The van der Waals surface area contributed by atoms with E-state index in [0.29, 0.717) is 7.48 Å². The maximum absolute atomic E-state index is 10.2. The van der Waals surface area contributed by atoms with Crippen LogP contribution in [-0.4, -0.2) is 23.8 Å². The molecule has 2 nitrogen and oxygen atoms in total. The molecule has 0 radical (unpaired) electrons. The fourth-order valence-corrected chi connectivity index (χ4v) is 2.64. The topological polar surface area (TPSA) is 29.5 Å². The monoisotopic (exact) mass is 332 g/mol. The lowest BCUT2D eigenvalue weighted by Crippen LogP contribution is -2.49. The molecule has 3 rings (SSSR count). The van der Waals surface area contributed by atoms with E-state index in [1.54, 1.807) is 13.8 Å². The van der Waals surface area contributed by atoms with Crippen molar-refractivity contribution < 1.29 is 9.76 Å². The second-order valence-corrected chi connectivity index (χ2v) is 7.62. The summed E-state index contributed by atoms with van der Waals surface area (Å²) in [5.41, 5.74) is 2.05. The lowest BCUT2D eigenvalue weighted by molar-refractivity contribution is -0.0893. The Balaban J connectivity index is 1.82. The van der Waals surface area contributed by atoms with Gasteiger partial charge in [0.25, 0.3) is 0 Å². The summed E-state index contributed by atoms with van der Waals surface area (Å²) in [6, 6.07) is 23.3. The Morgan fingerprint density at radius 3 is 2.08 bits per heavy atom. The highest BCUT2D eigenvalue weighted by Gasteiger charge is 2.35. The van der Waals surface area contributed by atoms with E-state index in [2.05, 4.69) is 60.7 Å². The minimum Gasteiger partial charge on any atom is -0.427 e. The van der Waals surface area contributed by atoms with E-state index in [1.807, 2.05) is 19.9 Å². The van der Waals surface area contributed by atoms with Gasteiger partial charge in [0.2, 0.25) is 0 Å². The van der Waals surface area contributed by atoms with E-state index in [1.165, 1.54) is 21.9 Å². The average molecular weight is 332 g/mol. The summed E-state index contributed by atoms with van der Waals surface area (Å²) in [7, 11) is 0.480. The van der Waals surface area contributed by atoms with Crippen LogP contribution in [0.3, 0.4) is 0 Å². The highest BCUT2D eigenvalue weighted by Crippen LogP contribution is 2.25. The summed E-state index contributed by atoms with van der Waals surface area (Å²) < 4.78 is 5.97. The minimum atomic E-state index is -0.894. The fourth-order valence-electron chi connectivity index (χ4n) is 2.64. The molecule has 0 saturated heterocycles. The summed E-state index contributed by atoms with van der Waals surface area (Å²) in [5.74, 6) is 0. The first-order chi connectivity index (χ1) is 11.8. The van der Waals surface area contributed by atoms with E-state index in [0.717, 1.165) is 5.46 Å². The van der Waals surface area contributed by atoms with Gasteiger partial charge in [-0.3, -0.25) is 0 Å². The molecule has 0 aromatic heterocycles. The Morgan fingerprint density at radius 1 is 0.760 bits per heavy atom. The third kappa shape index (κ3) is 3.94. The summed E-state index contributed by atoms with van der Waals surface area (Å²) in [5, 5.41) is 12.6. The molecule has 0 unspecified atom stereocenters. The van der Waals surface area contributed by atoms with Crippen LogP contribution in [0.2, 0.25) is 0 Å². The van der Waals surface area contributed by atoms with Gasteiger partial charge in [-0.05, 0) is 55.7 Å². The van der Waals surface area contributed by atoms with Crippen molar-refractivity contribution in [1.29, 1.82) is 0 Å². The van der Waals surface area contributed by atoms with Gasteiger partial charge in [0.05, 0.1) is 11.2 Å². The molecule has 0 spiro atoms. The molecule has 0 bridgehead atoms. The first-order valence-electron chi connectivity index (χ1n) is 8.71. The smallest absolute Gasteiger partial charge is 0.309 e. The Bertz CT molecular complexity index is 864. The van der Waals surface area contributed by atoms with Gasteiger partial charge in [-0.25, -0.2) is 0 Å². The Labute approximate surface area is 150 Å². The van der Waals surface area contributed by atoms with Crippen molar-refractivity contribution in [3.8, 4) is 11.1 Å². The Kier molecular flexibility index (Phi) is 4.72. The van der Waals surface area contributed by atoms with Gasteiger partial charge in [0.1, 0.15) is 0 Å². The maximum atomic E-state index is 10.2. The van der Waals surface area contributed by atoms with Gasteiger partial charge >= 0.3 is 7.48 Å². The molecule has 0 atom stereocenters. The molecule has 0 fully saturated rings. The number of fused-ring (bicyclic) bond motifs is 1. The van der Waals surface area contributed by atoms with Gasteiger partial charge in [-0.2, -0.15) is 0 Å². The summed E-state index contributed by atoms with van der Waals surface area (Å²) >= 11 is 0. The Hall–Kier alpha value is -2.10. The lowest BCUT2D eigenvalue weighted by Gasteiger charge is -2.37. The molecule has 0 saturated carbocycles. The van der Waals surface area contributed by atoms with Crippen molar-refractivity contribution >= 4 is 23.7 Å². The molecule has 0 amide bonds. The van der Waals surface area contributed by atoms with Crippen LogP contribution in [0, 0.1) is 0 Å². The highest BCUT2D eigenvalue weighted by molar-refractivity contribution is 6.47. The predicted octanol–water partition coefficient (Wildman–Crippen LogP) is 4.05. The van der Waals surface area contributed by atoms with Crippen LogP contribution in [-0.2, 0) is 4.65 Å². The fraction of sp³-hybridized carbons (Fsp3) is 0.273. The van der Waals surface area contributed by atoms with Crippen LogP contribution in [0.25, 0.3) is 21.9 Å². The Morgan fingerprint density at radius 2 is 1.40 bits per heavy atom. The number of hydrogen-bond acceptors (Lipinski definition) is 2. The van der Waals surface area contributed by atoms with Crippen LogP contribution in [0.1, 0.15) is 27.7 Å². The second-order valence-electron chi connectivity index (χ2n) is 7.62. The largest absolute Gasteiger partial charge is 0.427 e. The normalized spacial score (nSPS) is 12.4. The summed E-state index contributed by atoms with van der Waals surface area (Å²) in [6.07, 6.45) is 0. The SMILES string of the molecule is CC(C)(O)C(C)(C)OBc1ccc2cc(-c3ccccc3)ccc2c1. The summed E-state index contributed by atoms with van der Waals surface area (Å²) in [6.45, 7) is 7.39. The van der Waals surface area contributed by atoms with Crippen molar-refractivity contribution in [3.05, 3.63) is 66.7 Å². The molecule has 3 heteroatoms. The van der Waals surface area contributed by atoms with Crippen LogP contribution in [0.5, 0.6) is 0 Å². The third-order valence-electron chi connectivity index (χ3n) is 5.08. The number of rotatable bonds is 5.